The lowest BCUT2D eigenvalue weighted by Crippen LogP contribution is -2.08. The number of aromatic nitrogens is 2. The smallest absolute Gasteiger partial charge is 0.344 e. The second-order valence-electron chi connectivity index (χ2n) is 5.70. The van der Waals surface area contributed by atoms with Gasteiger partial charge in [-0.25, -0.2) is 9.78 Å². The van der Waals surface area contributed by atoms with Gasteiger partial charge in [0.25, 0.3) is 0 Å². The van der Waals surface area contributed by atoms with Crippen LogP contribution in [-0.2, 0) is 17.8 Å². The highest BCUT2D eigenvalue weighted by atomic mass is 32.1. The molecule has 0 bridgehead atoms. The van der Waals surface area contributed by atoms with Crippen LogP contribution in [0.4, 0.5) is 0 Å². The van der Waals surface area contributed by atoms with Gasteiger partial charge in [-0.05, 0) is 31.5 Å². The van der Waals surface area contributed by atoms with Crippen molar-refractivity contribution in [3.63, 3.8) is 0 Å². The molecule has 0 saturated carbocycles. The maximum atomic E-state index is 12.3. The highest BCUT2D eigenvalue weighted by Crippen LogP contribution is 2.33. The maximum Gasteiger partial charge on any atom is 0.344 e. The van der Waals surface area contributed by atoms with Crippen molar-refractivity contribution in [3.05, 3.63) is 46.3 Å². The monoisotopic (exact) mass is 388 g/mol. The number of carbonyl (C=O) groups is 1. The molecule has 0 atom stereocenters. The SMILES string of the molecule is CCc1noc(C)c1C(=O)OCc1csc(-c2ccc(OC)c(OC)c2)n1. The lowest BCUT2D eigenvalue weighted by atomic mass is 10.1. The maximum absolute atomic E-state index is 12.3. The number of esters is 1. The standard InChI is InChI=1S/C19H20N2O5S/c1-5-14-17(11(2)26-21-14)19(22)25-9-13-10-27-18(20-13)12-6-7-15(23-3)16(8-12)24-4/h6-8,10H,5,9H2,1-4H3. The molecule has 0 aliphatic rings. The van der Waals surface area contributed by atoms with Crippen molar-refractivity contribution in [1.82, 2.24) is 10.1 Å². The molecule has 0 fully saturated rings. The average molecular weight is 388 g/mol. The van der Waals surface area contributed by atoms with Crippen LogP contribution >= 0.6 is 11.3 Å². The summed E-state index contributed by atoms with van der Waals surface area (Å²) >= 11 is 1.47. The third kappa shape index (κ3) is 3.95. The molecule has 8 heteroatoms. The molecule has 0 aliphatic heterocycles. The van der Waals surface area contributed by atoms with Crippen molar-refractivity contribution in [3.8, 4) is 22.1 Å². The fourth-order valence-electron chi connectivity index (χ4n) is 2.61. The Bertz CT molecular complexity index is 947. The Morgan fingerprint density at radius 1 is 1.22 bits per heavy atom. The van der Waals surface area contributed by atoms with Crippen LogP contribution in [0.3, 0.4) is 0 Å². The van der Waals surface area contributed by atoms with Gasteiger partial charge in [-0.3, -0.25) is 0 Å². The molecule has 0 unspecified atom stereocenters. The minimum absolute atomic E-state index is 0.0798. The number of aryl methyl sites for hydroxylation is 2. The number of rotatable bonds is 7. The van der Waals surface area contributed by atoms with Crippen LogP contribution in [-0.4, -0.2) is 30.3 Å². The van der Waals surface area contributed by atoms with Gasteiger partial charge in [0.1, 0.15) is 22.9 Å². The molecule has 2 heterocycles. The van der Waals surface area contributed by atoms with Crippen LogP contribution in [0.2, 0.25) is 0 Å². The Morgan fingerprint density at radius 2 is 2.00 bits per heavy atom. The predicted molar refractivity (Wildman–Crippen MR) is 100 cm³/mol. The van der Waals surface area contributed by atoms with E-state index in [0.29, 0.717) is 40.6 Å². The number of thiazole rings is 1. The molecule has 7 nitrogen and oxygen atoms in total. The van der Waals surface area contributed by atoms with Crippen LogP contribution < -0.4 is 9.47 Å². The third-order valence-corrected chi connectivity index (χ3v) is 4.95. The highest BCUT2D eigenvalue weighted by molar-refractivity contribution is 7.13. The molecule has 0 amide bonds. The van der Waals surface area contributed by atoms with Gasteiger partial charge in [0.2, 0.25) is 0 Å². The van der Waals surface area contributed by atoms with Crippen molar-refractivity contribution < 1.29 is 23.5 Å². The number of carbonyl (C=O) groups excluding carboxylic acids is 1. The molecule has 0 saturated heterocycles. The molecular formula is C19H20N2O5S. The van der Waals surface area contributed by atoms with E-state index < -0.39 is 5.97 Å². The van der Waals surface area contributed by atoms with Gasteiger partial charge in [-0.15, -0.1) is 11.3 Å². The number of ether oxygens (including phenoxy) is 3. The molecule has 0 aliphatic carbocycles. The molecule has 142 valence electrons. The van der Waals surface area contributed by atoms with Crippen LogP contribution in [0.25, 0.3) is 10.6 Å². The third-order valence-electron chi connectivity index (χ3n) is 4.01. The first-order valence-corrected chi connectivity index (χ1v) is 9.24. The Labute approximate surface area is 160 Å². The Kier molecular flexibility index (Phi) is 5.75. The summed E-state index contributed by atoms with van der Waals surface area (Å²) in [5, 5.41) is 6.54. The highest BCUT2D eigenvalue weighted by Gasteiger charge is 2.21. The van der Waals surface area contributed by atoms with E-state index in [0.717, 1.165) is 10.6 Å². The van der Waals surface area contributed by atoms with Gasteiger partial charge < -0.3 is 18.7 Å². The van der Waals surface area contributed by atoms with Crippen LogP contribution in [0, 0.1) is 6.92 Å². The molecular weight excluding hydrogens is 368 g/mol. The minimum Gasteiger partial charge on any atom is -0.493 e. The average Bonchev–Trinajstić information content (AvgIpc) is 3.32. The van der Waals surface area contributed by atoms with Crippen molar-refractivity contribution >= 4 is 17.3 Å². The van der Waals surface area contributed by atoms with E-state index in [1.807, 2.05) is 30.5 Å². The van der Waals surface area contributed by atoms with E-state index in [4.69, 9.17) is 18.7 Å². The second-order valence-corrected chi connectivity index (χ2v) is 6.56. The number of benzene rings is 1. The summed E-state index contributed by atoms with van der Waals surface area (Å²) in [7, 11) is 3.18. The van der Waals surface area contributed by atoms with E-state index in [-0.39, 0.29) is 6.61 Å². The topological polar surface area (TPSA) is 83.7 Å². The summed E-state index contributed by atoms with van der Waals surface area (Å²) < 4.78 is 21.0. The molecule has 1 aromatic carbocycles. The summed E-state index contributed by atoms with van der Waals surface area (Å²) in [6, 6.07) is 5.60. The van der Waals surface area contributed by atoms with Gasteiger partial charge >= 0.3 is 5.97 Å². The molecule has 0 N–H and O–H groups in total. The zero-order valence-electron chi connectivity index (χ0n) is 15.6. The Balaban J connectivity index is 1.71. The first kappa shape index (κ1) is 18.9. The number of methoxy groups -OCH3 is 2. The Hall–Kier alpha value is -2.87. The van der Waals surface area contributed by atoms with E-state index in [1.54, 1.807) is 21.1 Å². The summed E-state index contributed by atoms with van der Waals surface area (Å²) in [5.41, 5.74) is 2.57. The minimum atomic E-state index is -0.453. The molecule has 3 aromatic rings. The van der Waals surface area contributed by atoms with Crippen molar-refractivity contribution in [1.29, 1.82) is 0 Å². The normalized spacial score (nSPS) is 10.7. The largest absolute Gasteiger partial charge is 0.493 e. The first-order valence-electron chi connectivity index (χ1n) is 8.36. The first-order chi connectivity index (χ1) is 13.1. The van der Waals surface area contributed by atoms with E-state index in [2.05, 4.69) is 10.1 Å². The zero-order valence-corrected chi connectivity index (χ0v) is 16.4. The summed E-state index contributed by atoms with van der Waals surface area (Å²) in [5.74, 6) is 1.29. The van der Waals surface area contributed by atoms with Gasteiger partial charge in [0, 0.05) is 10.9 Å². The molecule has 27 heavy (non-hydrogen) atoms. The lowest BCUT2D eigenvalue weighted by molar-refractivity contribution is 0.0465. The molecule has 3 rings (SSSR count). The van der Waals surface area contributed by atoms with Crippen LogP contribution in [0.1, 0.15) is 34.4 Å². The molecule has 0 radical (unpaired) electrons. The summed E-state index contributed by atoms with van der Waals surface area (Å²) in [6.07, 6.45) is 0.599. The zero-order chi connectivity index (χ0) is 19.4. The van der Waals surface area contributed by atoms with E-state index >= 15 is 0 Å². The molecule has 2 aromatic heterocycles. The predicted octanol–water partition coefficient (Wildman–Crippen LogP) is 4.04. The van der Waals surface area contributed by atoms with E-state index in [1.165, 1.54) is 11.3 Å². The lowest BCUT2D eigenvalue weighted by Gasteiger charge is -2.08. The van der Waals surface area contributed by atoms with Gasteiger partial charge in [-0.1, -0.05) is 12.1 Å². The fourth-order valence-corrected chi connectivity index (χ4v) is 3.41. The number of nitrogens with zero attached hydrogens (tertiary/aromatic N) is 2. The van der Waals surface area contributed by atoms with Crippen LogP contribution in [0.5, 0.6) is 11.5 Å². The summed E-state index contributed by atoms with van der Waals surface area (Å²) in [4.78, 5) is 16.9. The van der Waals surface area contributed by atoms with E-state index in [9.17, 15) is 4.79 Å². The Morgan fingerprint density at radius 3 is 2.70 bits per heavy atom. The van der Waals surface area contributed by atoms with Crippen molar-refractivity contribution in [2.75, 3.05) is 14.2 Å². The molecule has 0 spiro atoms. The second kappa shape index (κ2) is 8.22. The quantitative estimate of drug-likeness (QED) is 0.565. The number of hydrogen-bond acceptors (Lipinski definition) is 8. The van der Waals surface area contributed by atoms with Gasteiger partial charge in [0.05, 0.1) is 25.6 Å². The summed E-state index contributed by atoms with van der Waals surface area (Å²) in [6.45, 7) is 3.68. The van der Waals surface area contributed by atoms with Gasteiger partial charge in [0.15, 0.2) is 11.5 Å². The van der Waals surface area contributed by atoms with Gasteiger partial charge in [-0.2, -0.15) is 0 Å². The van der Waals surface area contributed by atoms with Crippen molar-refractivity contribution in [2.45, 2.75) is 26.9 Å². The fraction of sp³-hybridized carbons (Fsp3) is 0.316. The number of hydrogen-bond donors (Lipinski definition) is 0. The van der Waals surface area contributed by atoms with Crippen molar-refractivity contribution in [2.24, 2.45) is 0 Å². The van der Waals surface area contributed by atoms with Crippen LogP contribution in [0.15, 0.2) is 28.1 Å².